The number of methoxy groups -OCH3 is 1. The molecule has 180 valence electrons. The van der Waals surface area contributed by atoms with Gasteiger partial charge in [-0.3, -0.25) is 14.5 Å². The first kappa shape index (κ1) is 24.6. The van der Waals surface area contributed by atoms with Crippen molar-refractivity contribution in [1.82, 2.24) is 4.90 Å². The van der Waals surface area contributed by atoms with Crippen molar-refractivity contribution in [2.45, 2.75) is 18.9 Å². The maximum absolute atomic E-state index is 13.5. The van der Waals surface area contributed by atoms with Crippen LogP contribution in [0.2, 0.25) is 5.02 Å². The number of hydrogen-bond acceptors (Lipinski definition) is 4. The molecule has 9 heteroatoms. The summed E-state index contributed by atoms with van der Waals surface area (Å²) in [6.07, 6.45) is 0.506. The molecule has 0 aromatic heterocycles. The molecule has 0 aliphatic carbocycles. The minimum atomic E-state index is -0.793. The van der Waals surface area contributed by atoms with E-state index in [1.54, 1.807) is 36.3 Å². The topological polar surface area (TPSA) is 61.9 Å². The highest BCUT2D eigenvalue weighted by Crippen LogP contribution is 2.28. The number of ether oxygens (including phenoxy) is 1. The van der Waals surface area contributed by atoms with Gasteiger partial charge in [-0.05, 0) is 84.9 Å². The predicted octanol–water partition coefficient (Wildman–Crippen LogP) is 5.06. The lowest BCUT2D eigenvalue weighted by Gasteiger charge is -2.24. The largest absolute Gasteiger partial charge is 0.497 e. The van der Waals surface area contributed by atoms with E-state index in [4.69, 9.17) is 28.6 Å². The van der Waals surface area contributed by atoms with Gasteiger partial charge in [0.1, 0.15) is 17.6 Å². The number of hydrogen-bond donors (Lipinski definition) is 1. The Balaban J connectivity index is 1.54. The van der Waals surface area contributed by atoms with E-state index < -0.39 is 11.9 Å². The molecule has 0 saturated carbocycles. The molecule has 3 aromatic carbocycles. The summed E-state index contributed by atoms with van der Waals surface area (Å²) in [4.78, 5) is 29.4. The van der Waals surface area contributed by atoms with Crippen molar-refractivity contribution in [2.24, 2.45) is 0 Å². The molecule has 1 heterocycles. The number of thiocarbonyl (C=S) groups is 1. The van der Waals surface area contributed by atoms with Crippen molar-refractivity contribution in [3.63, 3.8) is 0 Å². The van der Waals surface area contributed by atoms with E-state index in [1.165, 1.54) is 29.2 Å². The number of nitrogens with one attached hydrogen (secondary N) is 1. The summed E-state index contributed by atoms with van der Waals surface area (Å²) < 4.78 is 18.7. The molecule has 1 saturated heterocycles. The molecule has 0 bridgehead atoms. The number of anilines is 2. The van der Waals surface area contributed by atoms with E-state index in [1.807, 2.05) is 24.3 Å². The summed E-state index contributed by atoms with van der Waals surface area (Å²) in [5, 5.41) is 3.63. The zero-order valence-electron chi connectivity index (χ0n) is 18.9. The molecule has 1 atom stereocenters. The van der Waals surface area contributed by atoms with Gasteiger partial charge >= 0.3 is 0 Å². The predicted molar refractivity (Wildman–Crippen MR) is 138 cm³/mol. The zero-order chi connectivity index (χ0) is 24.9. The number of benzene rings is 3. The Morgan fingerprint density at radius 1 is 1.06 bits per heavy atom. The van der Waals surface area contributed by atoms with Crippen LogP contribution in [-0.4, -0.2) is 41.5 Å². The fraction of sp³-hybridized carbons (Fsp3) is 0.192. The van der Waals surface area contributed by atoms with E-state index in [0.717, 1.165) is 11.3 Å². The van der Waals surface area contributed by atoms with Gasteiger partial charge in [-0.15, -0.1) is 0 Å². The highest BCUT2D eigenvalue weighted by molar-refractivity contribution is 7.80. The second-order valence-electron chi connectivity index (χ2n) is 8.00. The Kier molecular flexibility index (Phi) is 7.63. The van der Waals surface area contributed by atoms with Gasteiger partial charge < -0.3 is 15.0 Å². The van der Waals surface area contributed by atoms with Crippen LogP contribution in [0.5, 0.6) is 5.75 Å². The molecule has 35 heavy (non-hydrogen) atoms. The Bertz CT molecular complexity index is 1220. The second kappa shape index (κ2) is 10.8. The van der Waals surface area contributed by atoms with Gasteiger partial charge in [-0.1, -0.05) is 23.7 Å². The van der Waals surface area contributed by atoms with Gasteiger partial charge in [0.05, 0.1) is 19.2 Å². The summed E-state index contributed by atoms with van der Waals surface area (Å²) in [6, 6.07) is 19.1. The highest BCUT2D eigenvalue weighted by Gasteiger charge is 2.43. The molecule has 1 aliphatic heterocycles. The van der Waals surface area contributed by atoms with Crippen LogP contribution >= 0.6 is 23.8 Å². The molecular weight excluding hydrogens is 489 g/mol. The molecule has 1 fully saturated rings. The van der Waals surface area contributed by atoms with Crippen LogP contribution in [-0.2, 0) is 16.0 Å². The van der Waals surface area contributed by atoms with Gasteiger partial charge in [0, 0.05) is 17.3 Å². The average Bonchev–Trinajstić information content (AvgIpc) is 3.08. The number of rotatable bonds is 8. The number of nitrogens with zero attached hydrogens (tertiary/aromatic N) is 2. The highest BCUT2D eigenvalue weighted by atomic mass is 35.5. The molecule has 6 nitrogen and oxygen atoms in total. The van der Waals surface area contributed by atoms with Crippen LogP contribution in [0.15, 0.2) is 72.8 Å². The van der Waals surface area contributed by atoms with Gasteiger partial charge in [-0.2, -0.15) is 0 Å². The summed E-state index contributed by atoms with van der Waals surface area (Å²) in [5.41, 5.74) is 2.06. The lowest BCUT2D eigenvalue weighted by Crippen LogP contribution is -2.39. The third kappa shape index (κ3) is 5.78. The van der Waals surface area contributed by atoms with Crippen molar-refractivity contribution in [1.29, 1.82) is 0 Å². The summed E-state index contributed by atoms with van der Waals surface area (Å²) in [7, 11) is 1.60. The van der Waals surface area contributed by atoms with Gasteiger partial charge in [0.25, 0.3) is 5.91 Å². The average molecular weight is 512 g/mol. The third-order valence-corrected chi connectivity index (χ3v) is 6.38. The number of carbonyl (C=O) groups is 2. The van der Waals surface area contributed by atoms with Crippen molar-refractivity contribution in [3.8, 4) is 5.75 Å². The Hall–Kier alpha value is -3.49. The molecule has 0 spiro atoms. The van der Waals surface area contributed by atoms with Crippen LogP contribution in [0, 0.1) is 5.82 Å². The van der Waals surface area contributed by atoms with E-state index in [0.29, 0.717) is 29.4 Å². The molecule has 1 N–H and O–H groups in total. The van der Waals surface area contributed by atoms with Gasteiger partial charge in [0.15, 0.2) is 5.11 Å². The maximum Gasteiger partial charge on any atom is 0.256 e. The quantitative estimate of drug-likeness (QED) is 0.428. The monoisotopic (exact) mass is 511 g/mol. The smallest absolute Gasteiger partial charge is 0.256 e. The fourth-order valence-corrected chi connectivity index (χ4v) is 4.42. The molecular formula is C26H23ClFN3O3S. The zero-order valence-corrected chi connectivity index (χ0v) is 20.5. The molecule has 1 aliphatic rings. The third-order valence-electron chi connectivity index (χ3n) is 5.71. The first-order valence-corrected chi connectivity index (χ1v) is 11.7. The van der Waals surface area contributed by atoms with Crippen molar-refractivity contribution in [3.05, 3.63) is 89.2 Å². The van der Waals surface area contributed by atoms with E-state index in [-0.39, 0.29) is 23.3 Å². The minimum absolute atomic E-state index is 0.0953. The first-order chi connectivity index (χ1) is 16.9. The van der Waals surface area contributed by atoms with Gasteiger partial charge in [-0.25, -0.2) is 4.39 Å². The minimum Gasteiger partial charge on any atom is -0.497 e. The van der Waals surface area contributed by atoms with Crippen LogP contribution in [0.4, 0.5) is 15.8 Å². The molecule has 0 unspecified atom stereocenters. The molecule has 2 amide bonds. The fourth-order valence-electron chi connectivity index (χ4n) is 3.88. The first-order valence-electron chi connectivity index (χ1n) is 10.9. The Labute approximate surface area is 213 Å². The summed E-state index contributed by atoms with van der Waals surface area (Å²) in [5.74, 6) is -0.326. The van der Waals surface area contributed by atoms with E-state index >= 15 is 0 Å². The van der Waals surface area contributed by atoms with Gasteiger partial charge in [0.2, 0.25) is 5.91 Å². The van der Waals surface area contributed by atoms with Crippen LogP contribution in [0.1, 0.15) is 12.0 Å². The standard InChI is InChI=1S/C26H23ClFN3O3S/c1-34-22-12-2-17(3-13-22)14-15-30-23(16-24(32)29-20-8-4-18(27)5-9-20)25(33)31(26(30)35)21-10-6-19(28)7-11-21/h2-13,23H,14-16H2,1H3,(H,29,32)/t23-/m1/s1. The summed E-state index contributed by atoms with van der Waals surface area (Å²) in [6.45, 7) is 0.424. The SMILES string of the molecule is COc1ccc(CCN2C(=S)N(c3ccc(F)cc3)C(=O)[C@H]2CC(=O)Nc2ccc(Cl)cc2)cc1. The molecule has 0 radical (unpaired) electrons. The van der Waals surface area contributed by atoms with Crippen LogP contribution < -0.4 is 15.0 Å². The van der Waals surface area contributed by atoms with Crippen molar-refractivity contribution >= 4 is 52.1 Å². The maximum atomic E-state index is 13.5. The summed E-state index contributed by atoms with van der Waals surface area (Å²) >= 11 is 11.6. The molecule has 4 rings (SSSR count). The Morgan fingerprint density at radius 2 is 1.71 bits per heavy atom. The van der Waals surface area contributed by atoms with Crippen molar-refractivity contribution < 1.29 is 18.7 Å². The van der Waals surface area contributed by atoms with Crippen LogP contribution in [0.3, 0.4) is 0 Å². The Morgan fingerprint density at radius 3 is 2.34 bits per heavy atom. The lowest BCUT2D eigenvalue weighted by molar-refractivity contribution is -0.124. The number of halogens is 2. The molecule has 3 aromatic rings. The van der Waals surface area contributed by atoms with E-state index in [9.17, 15) is 14.0 Å². The lowest BCUT2D eigenvalue weighted by atomic mass is 10.1. The van der Waals surface area contributed by atoms with Crippen LogP contribution in [0.25, 0.3) is 0 Å². The normalized spacial score (nSPS) is 15.5. The second-order valence-corrected chi connectivity index (χ2v) is 8.80. The number of carbonyl (C=O) groups excluding carboxylic acids is 2. The van der Waals surface area contributed by atoms with Crippen molar-refractivity contribution in [2.75, 3.05) is 23.9 Å². The number of amides is 2. The van der Waals surface area contributed by atoms with E-state index in [2.05, 4.69) is 5.32 Å².